The van der Waals surface area contributed by atoms with E-state index in [1.807, 2.05) is 41.3 Å². The Balaban J connectivity index is 1.22. The average Bonchev–Trinajstić information content (AvgIpc) is 3.73. The fraction of sp³-hybridized carbons (Fsp3) is 0.429. The number of amides is 2. The summed E-state index contributed by atoms with van der Waals surface area (Å²) >= 11 is 0. The minimum absolute atomic E-state index is 0.0492. The van der Waals surface area contributed by atoms with E-state index in [4.69, 9.17) is 25.7 Å². The van der Waals surface area contributed by atoms with Gasteiger partial charge in [0.1, 0.15) is 23.1 Å². The third-order valence-electron chi connectivity index (χ3n) is 10.2. The first-order valence-electron chi connectivity index (χ1n) is 19.0. The van der Waals surface area contributed by atoms with Gasteiger partial charge in [-0.1, -0.05) is 50.2 Å². The fourth-order valence-electron chi connectivity index (χ4n) is 7.66. The van der Waals surface area contributed by atoms with Crippen LogP contribution in [-0.4, -0.2) is 77.7 Å². The Morgan fingerprint density at radius 1 is 0.982 bits per heavy atom. The molecule has 1 saturated heterocycles. The third kappa shape index (κ3) is 8.25. The largest absolute Gasteiger partial charge is 0.456 e. The fourth-order valence-corrected chi connectivity index (χ4v) is 7.66. The number of benzene rings is 3. The Hall–Kier alpha value is -5.76. The van der Waals surface area contributed by atoms with Gasteiger partial charge in [-0.3, -0.25) is 24.3 Å². The number of nitrogens with zero attached hydrogens (tertiary/aromatic N) is 2. The minimum atomic E-state index is -1.23. The minimum Gasteiger partial charge on any atom is -0.456 e. The van der Waals surface area contributed by atoms with Crippen LogP contribution in [0.15, 0.2) is 71.7 Å². The number of ketones is 1. The number of guanidine groups is 1. The van der Waals surface area contributed by atoms with E-state index in [1.165, 1.54) is 0 Å². The third-order valence-corrected chi connectivity index (χ3v) is 10.2. The molecule has 14 nitrogen and oxygen atoms in total. The molecule has 3 aromatic carbocycles. The summed E-state index contributed by atoms with van der Waals surface area (Å²) in [7, 11) is 0. The molecule has 4 atom stereocenters. The maximum atomic E-state index is 14.1. The van der Waals surface area contributed by atoms with Gasteiger partial charge in [0.15, 0.2) is 11.6 Å². The topological polar surface area (TPSA) is 205 Å². The zero-order valence-corrected chi connectivity index (χ0v) is 32.4. The molecule has 296 valence electrons. The van der Waals surface area contributed by atoms with Gasteiger partial charge in [0.25, 0.3) is 5.78 Å². The Morgan fingerprint density at radius 2 is 1.68 bits per heavy atom. The first-order valence-corrected chi connectivity index (χ1v) is 19.0. The number of para-hydroxylation sites is 1. The molecule has 0 aliphatic carbocycles. The smallest absolute Gasteiger partial charge is 0.377 e. The van der Waals surface area contributed by atoms with E-state index in [-0.39, 0.29) is 24.3 Å². The number of ether oxygens (including phenoxy) is 3. The molecular weight excluding hydrogens is 716 g/mol. The molecule has 0 radical (unpaired) electrons. The quantitative estimate of drug-likeness (QED) is 0.0632. The van der Waals surface area contributed by atoms with E-state index in [0.29, 0.717) is 78.2 Å². The number of aliphatic imine (C=N–C) groups is 1. The maximum Gasteiger partial charge on any atom is 0.377 e. The van der Waals surface area contributed by atoms with Crippen LogP contribution in [0.4, 0.5) is 5.69 Å². The molecule has 6 N–H and O–H groups in total. The van der Waals surface area contributed by atoms with Gasteiger partial charge in [-0.15, -0.1) is 0 Å². The summed E-state index contributed by atoms with van der Waals surface area (Å²) in [5, 5.41) is 5.85. The van der Waals surface area contributed by atoms with Crippen molar-refractivity contribution in [3.63, 3.8) is 0 Å². The molecule has 1 spiro atoms. The number of likely N-dealkylation sites (tertiary alicyclic amines) is 1. The monoisotopic (exact) mass is 766 g/mol. The molecule has 0 bridgehead atoms. The van der Waals surface area contributed by atoms with Crippen LogP contribution in [0.2, 0.25) is 0 Å². The number of rotatable bonds is 13. The first-order chi connectivity index (χ1) is 26.6. The van der Waals surface area contributed by atoms with Crippen LogP contribution < -0.4 is 26.8 Å². The molecule has 14 heteroatoms. The summed E-state index contributed by atoms with van der Waals surface area (Å²) in [6, 6.07) is 18.3. The van der Waals surface area contributed by atoms with Crippen LogP contribution in [-0.2, 0) is 34.3 Å². The second kappa shape index (κ2) is 16.1. The van der Waals surface area contributed by atoms with Crippen LogP contribution in [0.25, 0.3) is 0 Å². The lowest BCUT2D eigenvalue weighted by Gasteiger charge is -2.36. The number of carbonyl (C=O) groups is 5. The summed E-state index contributed by atoms with van der Waals surface area (Å²) < 4.78 is 17.9. The summed E-state index contributed by atoms with van der Waals surface area (Å²) in [6.07, 6.45) is 2.12. The summed E-state index contributed by atoms with van der Waals surface area (Å²) in [4.78, 5) is 72.8. The molecule has 2 amide bonds. The standard InChI is InChI=1S/C42H50N6O8/c1-24(2)34(35(49)39(53)55-41(3,4)5)47-37(51)31-16-11-21-48(31)23-25(12-10-20-45-40(43)44)36(50)46-26-18-19-30-33(22-26)54-32-17-9-8-15-29(32)42(30)28-14-7-6-13-27(28)38(52)56-42/h6-9,13-15,17-19,22,24-25,31,34H,10-12,16,20-21,23H2,1-5H3,(H,46,50)(H,47,51)(H4,43,44,45)/t25?,31-,34-,42?/m0/s1. The van der Waals surface area contributed by atoms with Crippen molar-refractivity contribution in [2.24, 2.45) is 28.3 Å². The van der Waals surface area contributed by atoms with Crippen molar-refractivity contribution < 1.29 is 38.2 Å². The van der Waals surface area contributed by atoms with Crippen molar-refractivity contribution >= 4 is 41.2 Å². The normalized spacial score (nSPS) is 19.5. The average molecular weight is 767 g/mol. The number of anilines is 1. The predicted octanol–water partition coefficient (Wildman–Crippen LogP) is 4.38. The molecule has 3 aliphatic rings. The zero-order valence-electron chi connectivity index (χ0n) is 32.4. The molecule has 0 aromatic heterocycles. The molecule has 2 unspecified atom stereocenters. The highest BCUT2D eigenvalue weighted by Gasteiger charge is 2.53. The van der Waals surface area contributed by atoms with Crippen molar-refractivity contribution in [2.75, 3.05) is 25.0 Å². The van der Waals surface area contributed by atoms with Gasteiger partial charge in [0.05, 0.1) is 17.5 Å². The van der Waals surface area contributed by atoms with Gasteiger partial charge in [0, 0.05) is 41.5 Å². The summed E-state index contributed by atoms with van der Waals surface area (Å²) in [6.45, 7) is 9.61. The van der Waals surface area contributed by atoms with Crippen LogP contribution >= 0.6 is 0 Å². The van der Waals surface area contributed by atoms with Crippen LogP contribution in [0, 0.1) is 11.8 Å². The van der Waals surface area contributed by atoms with Crippen molar-refractivity contribution in [1.82, 2.24) is 10.2 Å². The lowest BCUT2D eigenvalue weighted by Crippen LogP contribution is -2.54. The van der Waals surface area contributed by atoms with E-state index in [9.17, 15) is 24.0 Å². The van der Waals surface area contributed by atoms with Crippen molar-refractivity contribution in [1.29, 1.82) is 0 Å². The Kier molecular flexibility index (Phi) is 11.5. The Bertz CT molecular complexity index is 2050. The van der Waals surface area contributed by atoms with E-state index in [0.717, 1.165) is 0 Å². The van der Waals surface area contributed by atoms with E-state index >= 15 is 0 Å². The van der Waals surface area contributed by atoms with Crippen molar-refractivity contribution in [2.45, 2.75) is 83.6 Å². The molecular formula is C42H50N6O8. The highest BCUT2D eigenvalue weighted by Crippen LogP contribution is 2.56. The van der Waals surface area contributed by atoms with Crippen LogP contribution in [0.1, 0.15) is 87.4 Å². The van der Waals surface area contributed by atoms with Gasteiger partial charge in [-0.2, -0.15) is 0 Å². The molecule has 3 aliphatic heterocycles. The van der Waals surface area contributed by atoms with Gasteiger partial charge < -0.3 is 36.3 Å². The number of Topliss-reactive ketones (excluding diaryl/α,β-unsaturated/α-hetero) is 1. The van der Waals surface area contributed by atoms with E-state index in [1.54, 1.807) is 65.0 Å². The first kappa shape index (κ1) is 39.9. The number of fused-ring (bicyclic) bond motifs is 6. The summed E-state index contributed by atoms with van der Waals surface area (Å²) in [5.74, 6) is -3.00. The molecule has 56 heavy (non-hydrogen) atoms. The molecule has 1 fully saturated rings. The number of hydrogen-bond donors (Lipinski definition) is 4. The Labute approximate surface area is 326 Å². The van der Waals surface area contributed by atoms with E-state index in [2.05, 4.69) is 15.6 Å². The second-order valence-electron chi connectivity index (χ2n) is 15.8. The van der Waals surface area contributed by atoms with Gasteiger partial charge >= 0.3 is 11.9 Å². The molecule has 3 heterocycles. The van der Waals surface area contributed by atoms with Gasteiger partial charge in [-0.25, -0.2) is 9.59 Å². The number of hydrogen-bond acceptors (Lipinski definition) is 10. The lowest BCUT2D eigenvalue weighted by molar-refractivity contribution is -0.164. The number of nitrogens with one attached hydrogen (secondary N) is 2. The SMILES string of the molecule is CC(C)[C@H](NC(=O)[C@@H]1CCCN1CC(CCCN=C(N)N)C(=O)Nc1ccc2c(c1)Oc1ccccc1C21OC(=O)c2ccccc21)C(=O)C(=O)OC(C)(C)C. The number of nitrogens with two attached hydrogens (primary N) is 2. The lowest BCUT2D eigenvalue weighted by atomic mass is 9.77. The highest BCUT2D eigenvalue weighted by atomic mass is 16.6. The van der Waals surface area contributed by atoms with Gasteiger partial charge in [-0.05, 0) is 83.2 Å². The number of esters is 2. The Morgan fingerprint density at radius 3 is 2.39 bits per heavy atom. The van der Waals surface area contributed by atoms with Crippen molar-refractivity contribution in [3.8, 4) is 11.5 Å². The predicted molar refractivity (Wildman–Crippen MR) is 209 cm³/mol. The van der Waals surface area contributed by atoms with Crippen LogP contribution in [0.5, 0.6) is 11.5 Å². The van der Waals surface area contributed by atoms with Crippen LogP contribution in [0.3, 0.4) is 0 Å². The molecule has 3 aromatic rings. The number of carbonyl (C=O) groups excluding carboxylic acids is 5. The van der Waals surface area contributed by atoms with Gasteiger partial charge in [0.2, 0.25) is 11.8 Å². The van der Waals surface area contributed by atoms with E-state index < -0.39 is 52.8 Å². The van der Waals surface area contributed by atoms with Crippen molar-refractivity contribution in [3.05, 3.63) is 89.0 Å². The zero-order chi connectivity index (χ0) is 40.4. The summed E-state index contributed by atoms with van der Waals surface area (Å²) in [5.41, 5.74) is 12.0. The maximum absolute atomic E-state index is 14.1. The molecule has 6 rings (SSSR count). The highest BCUT2D eigenvalue weighted by molar-refractivity contribution is 6.36. The second-order valence-corrected chi connectivity index (χ2v) is 15.8. The molecule has 0 saturated carbocycles.